The lowest BCUT2D eigenvalue weighted by atomic mass is 10.1. The molecule has 0 radical (unpaired) electrons. The molecule has 2 unspecified atom stereocenters. The fourth-order valence-corrected chi connectivity index (χ4v) is 2.63. The van der Waals surface area contributed by atoms with Crippen LogP contribution in [-0.4, -0.2) is 12.6 Å². The number of rotatable bonds is 6. The Kier molecular flexibility index (Phi) is 4.00. The van der Waals surface area contributed by atoms with Crippen LogP contribution in [0.1, 0.15) is 31.2 Å². The molecule has 3 rings (SSSR count). The summed E-state index contributed by atoms with van der Waals surface area (Å²) in [5, 5.41) is 3.54. The number of ether oxygens (including phenoxy) is 1. The first-order chi connectivity index (χ1) is 10.3. The lowest BCUT2D eigenvalue weighted by Crippen LogP contribution is -2.08. The second kappa shape index (κ2) is 6.08. The number of hydrogen-bond acceptors (Lipinski definition) is 3. The SMILES string of the molecule is CCCOc1cccc(NC2CC2c2ccccc2)c1N. The van der Waals surface area contributed by atoms with E-state index in [4.69, 9.17) is 10.5 Å². The van der Waals surface area contributed by atoms with Gasteiger partial charge in [0.25, 0.3) is 0 Å². The van der Waals surface area contributed by atoms with Gasteiger partial charge in [0.1, 0.15) is 5.75 Å². The maximum absolute atomic E-state index is 6.20. The second-order valence-electron chi connectivity index (χ2n) is 5.57. The zero-order valence-electron chi connectivity index (χ0n) is 12.4. The third kappa shape index (κ3) is 3.13. The molecule has 1 saturated carbocycles. The third-order valence-corrected chi connectivity index (χ3v) is 3.89. The molecule has 0 aliphatic heterocycles. The predicted molar refractivity (Wildman–Crippen MR) is 87.9 cm³/mol. The van der Waals surface area contributed by atoms with Crippen molar-refractivity contribution in [2.75, 3.05) is 17.7 Å². The quantitative estimate of drug-likeness (QED) is 0.786. The van der Waals surface area contributed by atoms with E-state index >= 15 is 0 Å². The van der Waals surface area contributed by atoms with E-state index in [1.807, 2.05) is 18.2 Å². The van der Waals surface area contributed by atoms with Crippen molar-refractivity contribution < 1.29 is 4.74 Å². The van der Waals surface area contributed by atoms with E-state index < -0.39 is 0 Å². The predicted octanol–water partition coefficient (Wildman–Crippen LogP) is 4.03. The zero-order valence-corrected chi connectivity index (χ0v) is 12.4. The zero-order chi connectivity index (χ0) is 14.7. The summed E-state index contributed by atoms with van der Waals surface area (Å²) in [6.45, 7) is 2.79. The summed E-state index contributed by atoms with van der Waals surface area (Å²) in [5.74, 6) is 1.37. The van der Waals surface area contributed by atoms with E-state index in [-0.39, 0.29) is 0 Å². The maximum atomic E-state index is 6.20. The summed E-state index contributed by atoms with van der Waals surface area (Å²) in [6.07, 6.45) is 2.14. The van der Waals surface area contributed by atoms with Gasteiger partial charge >= 0.3 is 0 Å². The van der Waals surface area contributed by atoms with E-state index in [0.29, 0.717) is 24.3 Å². The molecule has 0 spiro atoms. The van der Waals surface area contributed by atoms with Crippen LogP contribution in [0.4, 0.5) is 11.4 Å². The average molecular weight is 282 g/mol. The molecule has 0 saturated heterocycles. The Bertz CT molecular complexity index is 597. The molecule has 21 heavy (non-hydrogen) atoms. The molecule has 0 amide bonds. The topological polar surface area (TPSA) is 47.3 Å². The van der Waals surface area contributed by atoms with Crippen molar-refractivity contribution in [3.8, 4) is 5.75 Å². The minimum atomic E-state index is 0.469. The highest BCUT2D eigenvalue weighted by Crippen LogP contribution is 2.44. The van der Waals surface area contributed by atoms with Gasteiger partial charge in [-0.05, 0) is 30.5 Å². The average Bonchev–Trinajstić information content (AvgIpc) is 3.28. The first-order valence-electron chi connectivity index (χ1n) is 7.62. The van der Waals surface area contributed by atoms with Gasteiger partial charge in [0.05, 0.1) is 18.0 Å². The van der Waals surface area contributed by atoms with Crippen molar-refractivity contribution in [1.82, 2.24) is 0 Å². The fraction of sp³-hybridized carbons (Fsp3) is 0.333. The van der Waals surface area contributed by atoms with Crippen molar-refractivity contribution in [1.29, 1.82) is 0 Å². The number of benzene rings is 2. The Morgan fingerprint density at radius 3 is 2.71 bits per heavy atom. The van der Waals surface area contributed by atoms with Gasteiger partial charge in [0.15, 0.2) is 0 Å². The van der Waals surface area contributed by atoms with E-state index in [1.165, 1.54) is 5.56 Å². The number of nitrogen functional groups attached to an aromatic ring is 1. The summed E-state index contributed by atoms with van der Waals surface area (Å²) in [5.41, 5.74) is 9.28. The van der Waals surface area contributed by atoms with Gasteiger partial charge in [-0.1, -0.05) is 43.3 Å². The van der Waals surface area contributed by atoms with Crippen molar-refractivity contribution >= 4 is 11.4 Å². The van der Waals surface area contributed by atoms with Gasteiger partial charge in [-0.2, -0.15) is 0 Å². The van der Waals surface area contributed by atoms with E-state index in [2.05, 4.69) is 42.6 Å². The summed E-state index contributed by atoms with van der Waals surface area (Å²) in [7, 11) is 0. The highest BCUT2D eigenvalue weighted by Gasteiger charge is 2.38. The normalized spacial score (nSPS) is 20.0. The first kappa shape index (κ1) is 13.8. The number of nitrogens with two attached hydrogens (primary N) is 1. The lowest BCUT2D eigenvalue weighted by molar-refractivity contribution is 0.319. The first-order valence-corrected chi connectivity index (χ1v) is 7.62. The van der Waals surface area contributed by atoms with Crippen LogP contribution in [-0.2, 0) is 0 Å². The van der Waals surface area contributed by atoms with Gasteiger partial charge in [-0.3, -0.25) is 0 Å². The van der Waals surface area contributed by atoms with Gasteiger partial charge < -0.3 is 15.8 Å². The highest BCUT2D eigenvalue weighted by atomic mass is 16.5. The van der Waals surface area contributed by atoms with Crippen molar-refractivity contribution in [2.45, 2.75) is 31.7 Å². The van der Waals surface area contributed by atoms with Crippen LogP contribution in [0.5, 0.6) is 5.75 Å². The molecular weight excluding hydrogens is 260 g/mol. The smallest absolute Gasteiger partial charge is 0.144 e. The van der Waals surface area contributed by atoms with Gasteiger partial charge in [-0.25, -0.2) is 0 Å². The summed E-state index contributed by atoms with van der Waals surface area (Å²) in [4.78, 5) is 0. The molecule has 2 aromatic rings. The van der Waals surface area contributed by atoms with Gasteiger partial charge in [-0.15, -0.1) is 0 Å². The molecule has 0 heterocycles. The molecule has 110 valence electrons. The maximum Gasteiger partial charge on any atom is 0.144 e. The molecule has 3 nitrogen and oxygen atoms in total. The molecule has 0 bridgehead atoms. The highest BCUT2D eigenvalue weighted by molar-refractivity contribution is 5.73. The third-order valence-electron chi connectivity index (χ3n) is 3.89. The molecule has 1 aliphatic carbocycles. The molecule has 0 aromatic heterocycles. The molecular formula is C18H22N2O. The summed E-state index contributed by atoms with van der Waals surface area (Å²) >= 11 is 0. The monoisotopic (exact) mass is 282 g/mol. The van der Waals surface area contributed by atoms with Crippen LogP contribution in [0.25, 0.3) is 0 Å². The molecule has 2 atom stereocenters. The van der Waals surface area contributed by atoms with Crippen LogP contribution < -0.4 is 15.8 Å². The number of anilines is 2. The van der Waals surface area contributed by atoms with Gasteiger partial charge in [0.2, 0.25) is 0 Å². The molecule has 3 heteroatoms. The van der Waals surface area contributed by atoms with Crippen molar-refractivity contribution in [3.63, 3.8) is 0 Å². The number of hydrogen-bond donors (Lipinski definition) is 2. The Morgan fingerprint density at radius 2 is 1.95 bits per heavy atom. The van der Waals surface area contributed by atoms with Crippen LogP contribution in [0.15, 0.2) is 48.5 Å². The van der Waals surface area contributed by atoms with E-state index in [9.17, 15) is 0 Å². The molecule has 3 N–H and O–H groups in total. The van der Waals surface area contributed by atoms with Crippen molar-refractivity contribution in [3.05, 3.63) is 54.1 Å². The number of para-hydroxylation sites is 1. The summed E-state index contributed by atoms with van der Waals surface area (Å²) < 4.78 is 5.68. The Balaban J connectivity index is 1.67. The molecule has 1 fully saturated rings. The minimum Gasteiger partial charge on any atom is -0.491 e. The fourth-order valence-electron chi connectivity index (χ4n) is 2.63. The van der Waals surface area contributed by atoms with E-state index in [1.54, 1.807) is 0 Å². The largest absolute Gasteiger partial charge is 0.491 e. The standard InChI is InChI=1S/C18H22N2O/c1-2-11-21-17-10-6-9-15(18(17)19)20-16-12-14(16)13-7-4-3-5-8-13/h3-10,14,16,20H,2,11-12,19H2,1H3. The minimum absolute atomic E-state index is 0.469. The van der Waals surface area contributed by atoms with Crippen LogP contribution in [0.3, 0.4) is 0 Å². The molecule has 1 aliphatic rings. The van der Waals surface area contributed by atoms with Crippen molar-refractivity contribution in [2.24, 2.45) is 0 Å². The number of nitrogens with one attached hydrogen (secondary N) is 1. The van der Waals surface area contributed by atoms with Crippen LogP contribution in [0, 0.1) is 0 Å². The Labute approximate surface area is 126 Å². The Morgan fingerprint density at radius 1 is 1.14 bits per heavy atom. The van der Waals surface area contributed by atoms with Gasteiger partial charge in [0, 0.05) is 12.0 Å². The Hall–Kier alpha value is -2.16. The van der Waals surface area contributed by atoms with E-state index in [0.717, 1.165) is 24.3 Å². The summed E-state index contributed by atoms with van der Waals surface area (Å²) in [6, 6.07) is 17.0. The van der Waals surface area contributed by atoms with Crippen LogP contribution >= 0.6 is 0 Å². The lowest BCUT2D eigenvalue weighted by Gasteiger charge is -2.13. The molecule has 2 aromatic carbocycles. The van der Waals surface area contributed by atoms with Crippen LogP contribution in [0.2, 0.25) is 0 Å². The second-order valence-corrected chi connectivity index (χ2v) is 5.57.